The molecule has 1 aromatic heterocycles. The zero-order valence-electron chi connectivity index (χ0n) is 7.99. The predicted octanol–water partition coefficient (Wildman–Crippen LogP) is 3.47. The van der Waals surface area contributed by atoms with E-state index in [1.165, 1.54) is 31.4 Å². The molecule has 1 aliphatic carbocycles. The van der Waals surface area contributed by atoms with Gasteiger partial charge in [-0.3, -0.25) is 4.98 Å². The molecule has 1 aromatic rings. The summed E-state index contributed by atoms with van der Waals surface area (Å²) in [4.78, 5) is 4.56. The third kappa shape index (κ3) is 2.44. The Kier molecular flexibility index (Phi) is 3.73. The molecule has 0 saturated heterocycles. The van der Waals surface area contributed by atoms with Gasteiger partial charge in [0.25, 0.3) is 0 Å². The minimum absolute atomic E-state index is 0. The van der Waals surface area contributed by atoms with Gasteiger partial charge in [-0.25, -0.2) is 0 Å². The van der Waals surface area contributed by atoms with Crippen LogP contribution in [0, 0.1) is 6.92 Å². The Morgan fingerprint density at radius 3 is 2.54 bits per heavy atom. The zero-order chi connectivity index (χ0) is 8.39. The Morgan fingerprint density at radius 2 is 1.92 bits per heavy atom. The molecule has 0 amide bonds. The monoisotopic (exact) mass is 197 g/mol. The Morgan fingerprint density at radius 1 is 1.23 bits per heavy atom. The van der Waals surface area contributed by atoms with Crippen molar-refractivity contribution in [3.05, 3.63) is 29.6 Å². The first-order valence-corrected chi connectivity index (χ1v) is 4.80. The molecular weight excluding hydrogens is 182 g/mol. The number of hydrogen-bond acceptors (Lipinski definition) is 1. The first kappa shape index (κ1) is 10.5. The lowest BCUT2D eigenvalue weighted by Crippen LogP contribution is -1.96. The standard InChI is InChI=1S/C11H15N.ClH/c1-9-5-4-8-11(12-9)10-6-2-3-7-10;/h4-5,8,10H,2-3,6-7H2,1H3;1H. The fourth-order valence-corrected chi connectivity index (χ4v) is 2.01. The fourth-order valence-electron chi connectivity index (χ4n) is 2.01. The molecule has 13 heavy (non-hydrogen) atoms. The van der Waals surface area contributed by atoms with Crippen LogP contribution in [0.5, 0.6) is 0 Å². The summed E-state index contributed by atoms with van der Waals surface area (Å²) in [5.41, 5.74) is 2.46. The minimum Gasteiger partial charge on any atom is -0.258 e. The van der Waals surface area contributed by atoms with E-state index in [0.29, 0.717) is 0 Å². The van der Waals surface area contributed by atoms with E-state index >= 15 is 0 Å². The first-order valence-electron chi connectivity index (χ1n) is 4.80. The molecule has 2 rings (SSSR count). The van der Waals surface area contributed by atoms with E-state index in [2.05, 4.69) is 30.1 Å². The normalized spacial score (nSPS) is 17.0. The van der Waals surface area contributed by atoms with Gasteiger partial charge in [-0.2, -0.15) is 0 Å². The highest BCUT2D eigenvalue weighted by Gasteiger charge is 2.17. The fraction of sp³-hybridized carbons (Fsp3) is 0.545. The average molecular weight is 198 g/mol. The molecule has 72 valence electrons. The molecule has 0 aromatic carbocycles. The van der Waals surface area contributed by atoms with Crippen LogP contribution in [0.3, 0.4) is 0 Å². The Labute approximate surface area is 86.0 Å². The SMILES string of the molecule is Cc1cccc(C2CCCC2)n1.Cl. The third-order valence-electron chi connectivity index (χ3n) is 2.68. The second-order valence-corrected chi connectivity index (χ2v) is 3.69. The highest BCUT2D eigenvalue weighted by atomic mass is 35.5. The molecule has 1 fully saturated rings. The van der Waals surface area contributed by atoms with Crippen LogP contribution in [0.4, 0.5) is 0 Å². The number of halogens is 1. The van der Waals surface area contributed by atoms with E-state index in [9.17, 15) is 0 Å². The van der Waals surface area contributed by atoms with Crippen molar-refractivity contribution < 1.29 is 0 Å². The van der Waals surface area contributed by atoms with Gasteiger partial charge in [0.1, 0.15) is 0 Å². The summed E-state index contributed by atoms with van der Waals surface area (Å²) in [6.07, 6.45) is 5.47. The van der Waals surface area contributed by atoms with Gasteiger partial charge in [-0.05, 0) is 31.9 Å². The molecular formula is C11H16ClN. The van der Waals surface area contributed by atoms with Crippen LogP contribution in [-0.2, 0) is 0 Å². The molecule has 1 saturated carbocycles. The second kappa shape index (κ2) is 4.61. The van der Waals surface area contributed by atoms with Gasteiger partial charge in [-0.15, -0.1) is 12.4 Å². The minimum atomic E-state index is 0. The van der Waals surface area contributed by atoms with Crippen LogP contribution in [0.25, 0.3) is 0 Å². The molecule has 1 nitrogen and oxygen atoms in total. The summed E-state index contributed by atoms with van der Waals surface area (Å²) in [5.74, 6) is 0.755. The van der Waals surface area contributed by atoms with E-state index in [-0.39, 0.29) is 12.4 Å². The predicted molar refractivity (Wildman–Crippen MR) is 57.4 cm³/mol. The van der Waals surface area contributed by atoms with Crippen LogP contribution in [0.1, 0.15) is 43.0 Å². The lowest BCUT2D eigenvalue weighted by Gasteiger charge is -2.07. The Hall–Kier alpha value is -0.560. The van der Waals surface area contributed by atoms with Crippen LogP contribution in [0.2, 0.25) is 0 Å². The smallest absolute Gasteiger partial charge is 0.0437 e. The Balaban J connectivity index is 0.000000845. The van der Waals surface area contributed by atoms with E-state index in [4.69, 9.17) is 0 Å². The van der Waals surface area contributed by atoms with Crippen LogP contribution in [0.15, 0.2) is 18.2 Å². The maximum atomic E-state index is 4.56. The van der Waals surface area contributed by atoms with Crippen LogP contribution in [-0.4, -0.2) is 4.98 Å². The summed E-state index contributed by atoms with van der Waals surface area (Å²) < 4.78 is 0. The van der Waals surface area contributed by atoms with Crippen molar-refractivity contribution in [3.8, 4) is 0 Å². The van der Waals surface area contributed by atoms with Gasteiger partial charge in [0.15, 0.2) is 0 Å². The maximum absolute atomic E-state index is 4.56. The van der Waals surface area contributed by atoms with E-state index in [1.807, 2.05) is 0 Å². The van der Waals surface area contributed by atoms with Crippen molar-refractivity contribution in [3.63, 3.8) is 0 Å². The largest absolute Gasteiger partial charge is 0.258 e. The van der Waals surface area contributed by atoms with Gasteiger partial charge in [0.05, 0.1) is 0 Å². The molecule has 0 radical (unpaired) electrons. The van der Waals surface area contributed by atoms with Crippen molar-refractivity contribution in [1.29, 1.82) is 0 Å². The van der Waals surface area contributed by atoms with Gasteiger partial charge >= 0.3 is 0 Å². The average Bonchev–Trinajstić information content (AvgIpc) is 2.56. The topological polar surface area (TPSA) is 12.9 Å². The number of pyridine rings is 1. The van der Waals surface area contributed by atoms with Crippen LogP contribution >= 0.6 is 12.4 Å². The van der Waals surface area contributed by atoms with Crippen molar-refractivity contribution in [2.24, 2.45) is 0 Å². The van der Waals surface area contributed by atoms with Gasteiger partial charge in [0, 0.05) is 17.3 Å². The summed E-state index contributed by atoms with van der Waals surface area (Å²) in [7, 11) is 0. The quantitative estimate of drug-likeness (QED) is 0.672. The number of aromatic nitrogens is 1. The highest BCUT2D eigenvalue weighted by molar-refractivity contribution is 5.85. The van der Waals surface area contributed by atoms with Gasteiger partial charge in [-0.1, -0.05) is 18.9 Å². The molecule has 0 bridgehead atoms. The lowest BCUT2D eigenvalue weighted by molar-refractivity contribution is 0.694. The van der Waals surface area contributed by atoms with Crippen LogP contribution < -0.4 is 0 Å². The lowest BCUT2D eigenvalue weighted by atomic mass is 10.0. The summed E-state index contributed by atoms with van der Waals surface area (Å²) in [6, 6.07) is 6.36. The third-order valence-corrected chi connectivity index (χ3v) is 2.68. The number of nitrogens with zero attached hydrogens (tertiary/aromatic N) is 1. The molecule has 1 aliphatic rings. The summed E-state index contributed by atoms with van der Waals surface area (Å²) in [5, 5.41) is 0. The number of aryl methyl sites for hydroxylation is 1. The molecule has 0 unspecified atom stereocenters. The highest BCUT2D eigenvalue weighted by Crippen LogP contribution is 2.32. The molecule has 0 atom stereocenters. The molecule has 1 heterocycles. The number of hydrogen-bond donors (Lipinski definition) is 0. The maximum Gasteiger partial charge on any atom is 0.0437 e. The van der Waals surface area contributed by atoms with Crippen molar-refractivity contribution in [1.82, 2.24) is 4.98 Å². The van der Waals surface area contributed by atoms with Gasteiger partial charge in [0.2, 0.25) is 0 Å². The van der Waals surface area contributed by atoms with Gasteiger partial charge < -0.3 is 0 Å². The number of rotatable bonds is 1. The van der Waals surface area contributed by atoms with Crippen molar-refractivity contribution >= 4 is 12.4 Å². The zero-order valence-corrected chi connectivity index (χ0v) is 8.81. The molecule has 0 spiro atoms. The molecule has 2 heteroatoms. The molecule has 0 N–H and O–H groups in total. The summed E-state index contributed by atoms with van der Waals surface area (Å²) in [6.45, 7) is 2.07. The second-order valence-electron chi connectivity index (χ2n) is 3.69. The van der Waals surface area contributed by atoms with Crippen molar-refractivity contribution in [2.45, 2.75) is 38.5 Å². The van der Waals surface area contributed by atoms with Crippen molar-refractivity contribution in [2.75, 3.05) is 0 Å². The summed E-state index contributed by atoms with van der Waals surface area (Å²) >= 11 is 0. The van der Waals surface area contributed by atoms with E-state index < -0.39 is 0 Å². The Bertz CT molecular complexity index is 267. The van der Waals surface area contributed by atoms with E-state index in [1.54, 1.807) is 0 Å². The first-order chi connectivity index (χ1) is 5.86. The molecule has 0 aliphatic heterocycles. The van der Waals surface area contributed by atoms with E-state index in [0.717, 1.165) is 11.6 Å².